The molecule has 0 radical (unpaired) electrons. The van der Waals surface area contributed by atoms with E-state index < -0.39 is 5.91 Å². The maximum absolute atomic E-state index is 11.1. The zero-order valence-corrected chi connectivity index (χ0v) is 13.7. The Hall–Kier alpha value is -2.08. The lowest BCUT2D eigenvalue weighted by atomic mass is 10.2. The number of primary amides is 1. The van der Waals surface area contributed by atoms with Crippen molar-refractivity contribution in [1.82, 2.24) is 14.8 Å². The number of hydrogen-bond acceptors (Lipinski definition) is 4. The van der Waals surface area contributed by atoms with Crippen LogP contribution < -0.4 is 11.1 Å². The molecule has 0 aliphatic carbocycles. The summed E-state index contributed by atoms with van der Waals surface area (Å²) in [6.07, 6.45) is 1.42. The molecule has 2 heterocycles. The van der Waals surface area contributed by atoms with Gasteiger partial charge >= 0.3 is 0 Å². The number of nitrogens with two attached hydrogens (primary N) is 1. The van der Waals surface area contributed by atoms with Gasteiger partial charge in [0.15, 0.2) is 0 Å². The molecule has 1 atom stereocenters. The van der Waals surface area contributed by atoms with Crippen molar-refractivity contribution in [3.63, 3.8) is 0 Å². The van der Waals surface area contributed by atoms with Gasteiger partial charge in [-0.2, -0.15) is 5.10 Å². The van der Waals surface area contributed by atoms with E-state index in [4.69, 9.17) is 17.3 Å². The number of aromatic nitrogens is 3. The average molecular weight is 322 g/mol. The van der Waals surface area contributed by atoms with Gasteiger partial charge in [0.2, 0.25) is 5.91 Å². The molecule has 22 heavy (non-hydrogen) atoms. The van der Waals surface area contributed by atoms with E-state index in [-0.39, 0.29) is 0 Å². The summed E-state index contributed by atoms with van der Waals surface area (Å²) in [6.45, 7) is 7.65. The fourth-order valence-electron chi connectivity index (χ4n) is 2.19. The number of amides is 1. The molecule has 0 aromatic carbocycles. The van der Waals surface area contributed by atoms with Gasteiger partial charge in [0.25, 0.3) is 0 Å². The maximum Gasteiger partial charge on any atom is 0.250 e. The van der Waals surface area contributed by atoms with Crippen LogP contribution in [0.3, 0.4) is 0 Å². The average Bonchev–Trinajstić information content (AvgIpc) is 2.75. The third-order valence-corrected chi connectivity index (χ3v) is 3.62. The fourth-order valence-corrected chi connectivity index (χ4v) is 2.43. The summed E-state index contributed by atoms with van der Waals surface area (Å²) in [5.74, 6) is 0.345. The second-order valence-electron chi connectivity index (χ2n) is 5.51. The van der Waals surface area contributed by atoms with E-state index in [2.05, 4.69) is 28.4 Å². The Labute approximate surface area is 134 Å². The highest BCUT2D eigenvalue weighted by molar-refractivity contribution is 6.33. The molecule has 0 unspecified atom stereocenters. The number of pyridine rings is 1. The van der Waals surface area contributed by atoms with Crippen LogP contribution in [0.2, 0.25) is 5.02 Å². The summed E-state index contributed by atoms with van der Waals surface area (Å²) in [4.78, 5) is 15.2. The normalized spacial score (nSPS) is 12.2. The first kappa shape index (κ1) is 16.3. The highest BCUT2D eigenvalue weighted by Gasteiger charge is 2.10. The van der Waals surface area contributed by atoms with Gasteiger partial charge < -0.3 is 11.1 Å². The van der Waals surface area contributed by atoms with Crippen molar-refractivity contribution in [1.29, 1.82) is 0 Å². The van der Waals surface area contributed by atoms with Crippen LogP contribution in [0.25, 0.3) is 0 Å². The lowest BCUT2D eigenvalue weighted by Gasteiger charge is -2.15. The highest BCUT2D eigenvalue weighted by Crippen LogP contribution is 2.20. The highest BCUT2D eigenvalue weighted by atomic mass is 35.5. The zero-order chi connectivity index (χ0) is 16.3. The summed E-state index contributed by atoms with van der Waals surface area (Å²) in [5, 5.41) is 8.02. The lowest BCUT2D eigenvalue weighted by Crippen LogP contribution is -2.19. The van der Waals surface area contributed by atoms with Crippen LogP contribution in [0, 0.1) is 19.8 Å². The Morgan fingerprint density at radius 3 is 2.73 bits per heavy atom. The molecule has 0 aliphatic heterocycles. The predicted octanol–water partition coefficient (Wildman–Crippen LogP) is 2.40. The number of anilines is 1. The summed E-state index contributed by atoms with van der Waals surface area (Å²) in [5.41, 5.74) is 7.65. The molecular formula is C15H20ClN5O. The number of hydrogen-bond donors (Lipinski definition) is 2. The molecule has 0 aliphatic rings. The van der Waals surface area contributed by atoms with Crippen molar-refractivity contribution in [2.45, 2.75) is 27.3 Å². The molecule has 0 fully saturated rings. The minimum absolute atomic E-state index is 0.297. The molecule has 0 saturated carbocycles. The van der Waals surface area contributed by atoms with Gasteiger partial charge in [-0.1, -0.05) is 18.5 Å². The first-order chi connectivity index (χ1) is 10.4. The molecule has 1 amide bonds. The number of carbonyl (C=O) groups is 1. The Balaban J connectivity index is 1.95. The number of rotatable bonds is 6. The molecule has 0 saturated heterocycles. The van der Waals surface area contributed by atoms with Crippen molar-refractivity contribution in [3.05, 3.63) is 40.3 Å². The summed E-state index contributed by atoms with van der Waals surface area (Å²) >= 11 is 6.10. The maximum atomic E-state index is 11.1. The smallest absolute Gasteiger partial charge is 0.250 e. The van der Waals surface area contributed by atoms with E-state index in [1.807, 2.05) is 18.5 Å². The molecule has 6 nitrogen and oxygen atoms in total. The first-order valence-corrected chi connectivity index (χ1v) is 7.45. The van der Waals surface area contributed by atoms with Crippen LogP contribution in [0.15, 0.2) is 18.3 Å². The van der Waals surface area contributed by atoms with E-state index in [1.165, 1.54) is 12.3 Å². The Morgan fingerprint density at radius 2 is 2.18 bits per heavy atom. The second kappa shape index (κ2) is 6.79. The second-order valence-corrected chi connectivity index (χ2v) is 5.92. The van der Waals surface area contributed by atoms with Crippen LogP contribution in [-0.2, 0) is 6.54 Å². The van der Waals surface area contributed by atoms with E-state index >= 15 is 0 Å². The SMILES string of the molecule is Cc1cc(C)n(C[C@H](C)CNc2ncc(C(N)=O)cc2Cl)n1. The van der Waals surface area contributed by atoms with Crippen LogP contribution in [0.1, 0.15) is 28.7 Å². The van der Waals surface area contributed by atoms with Crippen molar-refractivity contribution in [2.75, 3.05) is 11.9 Å². The first-order valence-electron chi connectivity index (χ1n) is 7.07. The number of carbonyl (C=O) groups excluding carboxylic acids is 1. The predicted molar refractivity (Wildman–Crippen MR) is 87.1 cm³/mol. The van der Waals surface area contributed by atoms with Crippen molar-refractivity contribution >= 4 is 23.3 Å². The Kier molecular flexibility index (Phi) is 5.03. The van der Waals surface area contributed by atoms with Crippen molar-refractivity contribution in [3.8, 4) is 0 Å². The van der Waals surface area contributed by atoms with Gasteiger partial charge in [-0.3, -0.25) is 9.48 Å². The molecule has 2 rings (SSSR count). The van der Waals surface area contributed by atoms with Crippen LogP contribution in [0.4, 0.5) is 5.82 Å². The van der Waals surface area contributed by atoms with Crippen LogP contribution in [-0.4, -0.2) is 27.2 Å². The lowest BCUT2D eigenvalue weighted by molar-refractivity contribution is 0.1000. The number of halogens is 1. The molecular weight excluding hydrogens is 302 g/mol. The van der Waals surface area contributed by atoms with E-state index in [0.29, 0.717) is 28.9 Å². The van der Waals surface area contributed by atoms with Crippen LogP contribution >= 0.6 is 11.6 Å². The fraction of sp³-hybridized carbons (Fsp3) is 0.400. The third-order valence-electron chi connectivity index (χ3n) is 3.33. The number of nitrogens with zero attached hydrogens (tertiary/aromatic N) is 3. The quantitative estimate of drug-likeness (QED) is 0.855. The molecule has 2 aromatic rings. The van der Waals surface area contributed by atoms with E-state index in [0.717, 1.165) is 17.9 Å². The van der Waals surface area contributed by atoms with Crippen LogP contribution in [0.5, 0.6) is 0 Å². The summed E-state index contributed by atoms with van der Waals surface area (Å²) in [6, 6.07) is 3.58. The molecule has 118 valence electrons. The Morgan fingerprint density at radius 1 is 1.45 bits per heavy atom. The third kappa shape index (κ3) is 3.98. The van der Waals surface area contributed by atoms with E-state index in [9.17, 15) is 4.79 Å². The molecule has 3 N–H and O–H groups in total. The summed E-state index contributed by atoms with van der Waals surface area (Å²) < 4.78 is 1.99. The minimum atomic E-state index is -0.543. The molecule has 0 spiro atoms. The molecule has 2 aromatic heterocycles. The van der Waals surface area contributed by atoms with Gasteiger partial charge in [0, 0.05) is 25.0 Å². The molecule has 7 heteroatoms. The van der Waals surface area contributed by atoms with Gasteiger partial charge in [-0.25, -0.2) is 4.98 Å². The van der Waals surface area contributed by atoms with Gasteiger partial charge in [0.1, 0.15) is 5.82 Å². The zero-order valence-electron chi connectivity index (χ0n) is 12.9. The summed E-state index contributed by atoms with van der Waals surface area (Å²) in [7, 11) is 0. The number of aryl methyl sites for hydroxylation is 2. The Bertz CT molecular complexity index is 683. The van der Waals surface area contributed by atoms with Crippen molar-refractivity contribution < 1.29 is 4.79 Å². The van der Waals surface area contributed by atoms with Gasteiger partial charge in [-0.05, 0) is 31.9 Å². The topological polar surface area (TPSA) is 85.8 Å². The van der Waals surface area contributed by atoms with Gasteiger partial charge in [-0.15, -0.1) is 0 Å². The van der Waals surface area contributed by atoms with E-state index in [1.54, 1.807) is 0 Å². The molecule has 0 bridgehead atoms. The van der Waals surface area contributed by atoms with Gasteiger partial charge in [0.05, 0.1) is 16.3 Å². The van der Waals surface area contributed by atoms with Crippen molar-refractivity contribution in [2.24, 2.45) is 11.7 Å². The monoisotopic (exact) mass is 321 g/mol. The number of nitrogens with one attached hydrogen (secondary N) is 1. The minimum Gasteiger partial charge on any atom is -0.369 e. The standard InChI is InChI=1S/C15H20ClN5O/c1-9(8-21-11(3)4-10(2)20-21)6-18-15-13(16)5-12(7-19-15)14(17)22/h4-5,7,9H,6,8H2,1-3H3,(H2,17,22)(H,18,19)/t9-/m1/s1. The largest absolute Gasteiger partial charge is 0.369 e.